The van der Waals surface area contributed by atoms with Crippen LogP contribution in [0.15, 0.2) is 17.6 Å². The molecule has 0 radical (unpaired) electrons. The minimum Gasteiger partial charge on any atom is -0.396 e. The number of hydrogen-bond acceptors (Lipinski definition) is 4. The summed E-state index contributed by atoms with van der Waals surface area (Å²) in [5.74, 6) is 2.41. The third kappa shape index (κ3) is 5.63. The van der Waals surface area contributed by atoms with E-state index < -0.39 is 0 Å². The van der Waals surface area contributed by atoms with Gasteiger partial charge in [0, 0.05) is 26.7 Å². The largest absolute Gasteiger partial charge is 0.396 e. The van der Waals surface area contributed by atoms with E-state index in [0.29, 0.717) is 13.1 Å². The van der Waals surface area contributed by atoms with Crippen molar-refractivity contribution in [2.45, 2.75) is 46.6 Å². The Hall–Kier alpha value is -1.89. The van der Waals surface area contributed by atoms with Crippen molar-refractivity contribution in [2.24, 2.45) is 17.5 Å². The summed E-state index contributed by atoms with van der Waals surface area (Å²) in [6.07, 6.45) is 4.59. The van der Waals surface area contributed by atoms with Crippen LogP contribution in [0.5, 0.6) is 0 Å². The number of guanidine groups is 1. The first-order valence-electron chi connectivity index (χ1n) is 8.60. The van der Waals surface area contributed by atoms with Gasteiger partial charge in [0.25, 0.3) is 0 Å². The fourth-order valence-corrected chi connectivity index (χ4v) is 2.53. The molecule has 1 aromatic rings. The number of nitrogens with one attached hydrogen (secondary N) is 2. The van der Waals surface area contributed by atoms with E-state index in [-0.39, 0.29) is 12.0 Å². The van der Waals surface area contributed by atoms with Gasteiger partial charge in [-0.25, -0.2) is 4.99 Å². The van der Waals surface area contributed by atoms with Gasteiger partial charge in [0.15, 0.2) is 11.8 Å². The van der Waals surface area contributed by atoms with Crippen molar-refractivity contribution in [3.8, 4) is 0 Å². The van der Waals surface area contributed by atoms with Crippen molar-refractivity contribution in [3.05, 3.63) is 24.3 Å². The summed E-state index contributed by atoms with van der Waals surface area (Å²) in [6, 6.07) is 0. The van der Waals surface area contributed by atoms with E-state index in [2.05, 4.69) is 46.2 Å². The number of aromatic nitrogens is 3. The van der Waals surface area contributed by atoms with Crippen molar-refractivity contribution in [2.75, 3.05) is 19.7 Å². The molecule has 0 atom stereocenters. The third-order valence-corrected chi connectivity index (χ3v) is 4.75. The van der Waals surface area contributed by atoms with Crippen LogP contribution in [0.1, 0.15) is 44.8 Å². The Labute approximate surface area is 145 Å². The lowest BCUT2D eigenvalue weighted by Gasteiger charge is -2.32. The number of aliphatic hydroxyl groups excluding tert-OH is 1. The van der Waals surface area contributed by atoms with Gasteiger partial charge in [-0.1, -0.05) is 19.9 Å². The number of aryl methyl sites for hydroxylation is 1. The molecule has 1 aromatic heterocycles. The average Bonchev–Trinajstić information content (AvgIpc) is 2.92. The molecule has 7 heteroatoms. The first-order chi connectivity index (χ1) is 11.5. The molecular weight excluding hydrogens is 304 g/mol. The summed E-state index contributed by atoms with van der Waals surface area (Å²) in [6.45, 7) is 12.0. The van der Waals surface area contributed by atoms with Crippen LogP contribution >= 0.6 is 0 Å². The first-order valence-corrected chi connectivity index (χ1v) is 8.60. The molecule has 0 bridgehead atoms. The molecule has 1 heterocycles. The summed E-state index contributed by atoms with van der Waals surface area (Å²) in [4.78, 5) is 4.60. The maximum Gasteiger partial charge on any atom is 0.191 e. The Balaban J connectivity index is 2.78. The van der Waals surface area contributed by atoms with Crippen LogP contribution in [-0.4, -0.2) is 45.5 Å². The molecule has 0 saturated heterocycles. The molecule has 24 heavy (non-hydrogen) atoms. The Morgan fingerprint density at radius 1 is 1.33 bits per heavy atom. The molecule has 136 valence electrons. The predicted molar refractivity (Wildman–Crippen MR) is 97.8 cm³/mol. The van der Waals surface area contributed by atoms with Crippen LogP contribution in [-0.2, 0) is 13.6 Å². The minimum absolute atomic E-state index is 0.0761. The highest BCUT2D eigenvalue weighted by Gasteiger charge is 2.25. The van der Waals surface area contributed by atoms with Gasteiger partial charge in [0.2, 0.25) is 0 Å². The average molecular weight is 336 g/mol. The monoisotopic (exact) mass is 336 g/mol. The quantitative estimate of drug-likeness (QED) is 0.343. The summed E-state index contributed by atoms with van der Waals surface area (Å²) < 4.78 is 1.93. The second-order valence-electron chi connectivity index (χ2n) is 6.09. The van der Waals surface area contributed by atoms with Gasteiger partial charge in [-0.15, -0.1) is 16.8 Å². The molecule has 1 rings (SSSR count). The van der Waals surface area contributed by atoms with Crippen molar-refractivity contribution in [3.63, 3.8) is 0 Å². The Morgan fingerprint density at radius 2 is 2.04 bits per heavy atom. The molecule has 0 aliphatic rings. The fraction of sp³-hybridized carbons (Fsp3) is 0.706. The zero-order valence-electron chi connectivity index (χ0n) is 15.5. The smallest absolute Gasteiger partial charge is 0.191 e. The normalized spacial score (nSPS) is 12.3. The molecule has 0 saturated carbocycles. The van der Waals surface area contributed by atoms with Crippen LogP contribution in [0.3, 0.4) is 0 Å². The summed E-state index contributed by atoms with van der Waals surface area (Å²) in [5.41, 5.74) is 0.0761. The Bertz CT molecular complexity index is 533. The molecule has 0 aliphatic carbocycles. The molecule has 7 nitrogen and oxygen atoms in total. The number of hydrogen-bond donors (Lipinski definition) is 3. The second kappa shape index (κ2) is 10.1. The van der Waals surface area contributed by atoms with Crippen molar-refractivity contribution >= 4 is 5.96 Å². The molecule has 0 aliphatic heterocycles. The highest BCUT2D eigenvalue weighted by atomic mass is 16.3. The van der Waals surface area contributed by atoms with Crippen LogP contribution in [0.25, 0.3) is 0 Å². The van der Waals surface area contributed by atoms with Gasteiger partial charge in [0.05, 0.1) is 0 Å². The van der Waals surface area contributed by atoms with E-state index in [1.807, 2.05) is 18.5 Å². The van der Waals surface area contributed by atoms with E-state index in [0.717, 1.165) is 43.4 Å². The number of aliphatic imine (C=N–C) groups is 1. The van der Waals surface area contributed by atoms with E-state index >= 15 is 0 Å². The lowest BCUT2D eigenvalue weighted by Crippen LogP contribution is -2.44. The van der Waals surface area contributed by atoms with E-state index in [9.17, 15) is 5.11 Å². The SMILES string of the molecule is C=CCNC(=NCc1nnc(C)n1C)NCC(CC)(CC)CCO. The van der Waals surface area contributed by atoms with E-state index in [4.69, 9.17) is 0 Å². The molecule has 0 fully saturated rings. The van der Waals surface area contributed by atoms with Gasteiger partial charge in [-0.05, 0) is 31.6 Å². The lowest BCUT2D eigenvalue weighted by molar-refractivity contribution is 0.169. The van der Waals surface area contributed by atoms with Crippen molar-refractivity contribution in [1.82, 2.24) is 25.4 Å². The minimum atomic E-state index is 0.0761. The Kier molecular flexibility index (Phi) is 8.46. The molecule has 0 amide bonds. The molecule has 0 unspecified atom stereocenters. The van der Waals surface area contributed by atoms with Gasteiger partial charge in [0.1, 0.15) is 12.4 Å². The van der Waals surface area contributed by atoms with Gasteiger partial charge < -0.3 is 20.3 Å². The summed E-state index contributed by atoms with van der Waals surface area (Å²) >= 11 is 0. The summed E-state index contributed by atoms with van der Waals surface area (Å²) in [5, 5.41) is 24.2. The molecular formula is C17H32N6O. The lowest BCUT2D eigenvalue weighted by atomic mass is 9.79. The third-order valence-electron chi connectivity index (χ3n) is 4.75. The van der Waals surface area contributed by atoms with Crippen LogP contribution < -0.4 is 10.6 Å². The Morgan fingerprint density at radius 3 is 2.54 bits per heavy atom. The number of rotatable bonds is 10. The van der Waals surface area contributed by atoms with Crippen LogP contribution in [0, 0.1) is 12.3 Å². The van der Waals surface area contributed by atoms with Crippen molar-refractivity contribution < 1.29 is 5.11 Å². The predicted octanol–water partition coefficient (Wildman–Crippen LogP) is 1.53. The maximum absolute atomic E-state index is 9.35. The maximum atomic E-state index is 9.35. The second-order valence-corrected chi connectivity index (χ2v) is 6.09. The molecule has 3 N–H and O–H groups in total. The number of aliphatic hydroxyl groups is 1. The highest BCUT2D eigenvalue weighted by Crippen LogP contribution is 2.29. The van der Waals surface area contributed by atoms with Crippen molar-refractivity contribution in [1.29, 1.82) is 0 Å². The van der Waals surface area contributed by atoms with Gasteiger partial charge >= 0.3 is 0 Å². The highest BCUT2D eigenvalue weighted by molar-refractivity contribution is 5.79. The fourth-order valence-electron chi connectivity index (χ4n) is 2.53. The zero-order valence-corrected chi connectivity index (χ0v) is 15.5. The zero-order chi connectivity index (χ0) is 18.0. The molecule has 0 spiro atoms. The standard InChI is InChI=1S/C17H32N6O/c1-6-10-18-16(19-12-15-22-21-14(4)23(15)5)20-13-17(7-2,8-3)9-11-24/h6,24H,1,7-13H2,2-5H3,(H2,18,19,20). The number of nitrogens with zero attached hydrogens (tertiary/aromatic N) is 4. The molecule has 0 aromatic carbocycles. The van der Waals surface area contributed by atoms with E-state index in [1.165, 1.54) is 0 Å². The first kappa shape index (κ1) is 20.2. The van der Waals surface area contributed by atoms with Gasteiger partial charge in [-0.3, -0.25) is 0 Å². The van der Waals surface area contributed by atoms with E-state index in [1.54, 1.807) is 6.08 Å². The summed E-state index contributed by atoms with van der Waals surface area (Å²) in [7, 11) is 1.94. The van der Waals surface area contributed by atoms with Crippen LogP contribution in [0.2, 0.25) is 0 Å². The van der Waals surface area contributed by atoms with Crippen LogP contribution in [0.4, 0.5) is 0 Å². The topological polar surface area (TPSA) is 87.4 Å². The van der Waals surface area contributed by atoms with Gasteiger partial charge in [-0.2, -0.15) is 0 Å².